The predicted molar refractivity (Wildman–Crippen MR) is 109 cm³/mol. The number of carbonyl (C=O) groups excluding carboxylic acids is 2. The molecule has 168 valence electrons. The number of nitrogens with zero attached hydrogens (tertiary/aromatic N) is 1. The van der Waals surface area contributed by atoms with E-state index in [1.165, 1.54) is 22.7 Å². The molecule has 2 N–H and O–H groups in total. The number of hydrogen-bond donors (Lipinski definition) is 2. The summed E-state index contributed by atoms with van der Waals surface area (Å²) >= 11 is 11.8. The van der Waals surface area contributed by atoms with Crippen LogP contribution in [0.4, 0.5) is 13.2 Å². The zero-order chi connectivity index (χ0) is 22.7. The van der Waals surface area contributed by atoms with E-state index in [1.54, 1.807) is 0 Å². The zero-order valence-corrected chi connectivity index (χ0v) is 18.0. The maximum atomic E-state index is 12.0. The Morgan fingerprint density at radius 2 is 2.00 bits per heavy atom. The van der Waals surface area contributed by atoms with Gasteiger partial charge in [0.25, 0.3) is 5.91 Å². The molecule has 7 nitrogen and oxygen atoms in total. The summed E-state index contributed by atoms with van der Waals surface area (Å²) in [6, 6.07) is -0.551. The van der Waals surface area contributed by atoms with Gasteiger partial charge in [0.1, 0.15) is 6.04 Å². The van der Waals surface area contributed by atoms with Gasteiger partial charge < -0.3 is 15.4 Å². The van der Waals surface area contributed by atoms with E-state index in [4.69, 9.17) is 27.9 Å². The molecule has 1 rings (SSSR count). The number of alkyl halides is 3. The molecule has 1 saturated heterocycles. The van der Waals surface area contributed by atoms with Crippen LogP contribution in [0.1, 0.15) is 6.42 Å². The molecule has 0 aromatic carbocycles. The zero-order valence-electron chi connectivity index (χ0n) is 15.6. The first-order valence-electron chi connectivity index (χ1n) is 8.36. The van der Waals surface area contributed by atoms with Gasteiger partial charge in [0, 0.05) is 25.2 Å². The minimum absolute atomic E-state index is 0.172. The third kappa shape index (κ3) is 12.1. The summed E-state index contributed by atoms with van der Waals surface area (Å²) in [5.74, 6) is -0.795. The van der Waals surface area contributed by atoms with E-state index in [0.717, 1.165) is 0 Å². The second-order valence-electron chi connectivity index (χ2n) is 5.82. The molecule has 0 saturated carbocycles. The number of halogens is 5. The molecule has 13 heteroatoms. The SMILES string of the molecule is C=C(CCNC(=O)C1CN1SOCC(F)(F)F)NC(=O)CO/C=C/C=C(/Cl)C(=C)Cl. The van der Waals surface area contributed by atoms with Crippen molar-refractivity contribution in [2.24, 2.45) is 0 Å². The maximum absolute atomic E-state index is 12.0. The topological polar surface area (TPSA) is 79.7 Å². The van der Waals surface area contributed by atoms with Gasteiger partial charge in [0.15, 0.2) is 13.2 Å². The van der Waals surface area contributed by atoms with E-state index in [2.05, 4.69) is 28.0 Å². The molecule has 1 fully saturated rings. The maximum Gasteiger partial charge on any atom is 0.413 e. The Kier molecular flexibility index (Phi) is 11.3. The first-order valence-corrected chi connectivity index (χ1v) is 9.82. The number of carbonyl (C=O) groups is 2. The average molecular weight is 490 g/mol. The Morgan fingerprint density at radius 3 is 2.63 bits per heavy atom. The van der Waals surface area contributed by atoms with Gasteiger partial charge >= 0.3 is 6.18 Å². The van der Waals surface area contributed by atoms with Crippen LogP contribution in [-0.2, 0) is 18.5 Å². The third-order valence-corrected chi connectivity index (χ3v) is 4.65. The van der Waals surface area contributed by atoms with Gasteiger partial charge in [-0.25, -0.2) is 4.31 Å². The molecule has 2 atom stereocenters. The van der Waals surface area contributed by atoms with E-state index >= 15 is 0 Å². The fourth-order valence-corrected chi connectivity index (χ4v) is 2.58. The fraction of sp³-hybridized carbons (Fsp3) is 0.412. The Morgan fingerprint density at radius 1 is 1.30 bits per heavy atom. The summed E-state index contributed by atoms with van der Waals surface area (Å²) < 4.78 is 46.7. The summed E-state index contributed by atoms with van der Waals surface area (Å²) in [4.78, 5) is 23.5. The highest BCUT2D eigenvalue weighted by atomic mass is 35.5. The molecule has 1 aliphatic heterocycles. The van der Waals surface area contributed by atoms with Gasteiger partial charge in [-0.15, -0.1) is 0 Å². The van der Waals surface area contributed by atoms with Crippen LogP contribution in [-0.4, -0.2) is 54.6 Å². The van der Waals surface area contributed by atoms with Crippen LogP contribution in [0, 0.1) is 0 Å². The molecular formula is C17H20Cl2F3N3O4S. The number of ether oxygens (including phenoxy) is 1. The quantitative estimate of drug-likeness (QED) is 0.136. The molecular weight excluding hydrogens is 470 g/mol. The highest BCUT2D eigenvalue weighted by Gasteiger charge is 2.42. The predicted octanol–water partition coefficient (Wildman–Crippen LogP) is 3.35. The van der Waals surface area contributed by atoms with Crippen molar-refractivity contribution in [2.75, 3.05) is 26.3 Å². The van der Waals surface area contributed by atoms with E-state index in [9.17, 15) is 22.8 Å². The smallest absolute Gasteiger partial charge is 0.413 e. The largest absolute Gasteiger partial charge is 0.491 e. The fourth-order valence-electron chi connectivity index (χ4n) is 1.72. The van der Waals surface area contributed by atoms with Gasteiger partial charge in [-0.05, 0) is 12.2 Å². The molecule has 0 aromatic rings. The molecule has 1 aliphatic rings. The number of nitrogens with one attached hydrogen (secondary N) is 2. The lowest BCUT2D eigenvalue weighted by molar-refractivity contribution is -0.150. The van der Waals surface area contributed by atoms with Crippen molar-refractivity contribution in [3.05, 3.63) is 47.3 Å². The van der Waals surface area contributed by atoms with Gasteiger partial charge in [0.2, 0.25) is 5.91 Å². The lowest BCUT2D eigenvalue weighted by Crippen LogP contribution is -2.32. The first kappa shape index (κ1) is 26.4. The third-order valence-electron chi connectivity index (χ3n) is 3.17. The molecule has 0 spiro atoms. The molecule has 1 heterocycles. The second-order valence-corrected chi connectivity index (χ2v) is 7.54. The average Bonchev–Trinajstić information content (AvgIpc) is 3.39. The van der Waals surface area contributed by atoms with Gasteiger partial charge in [0.05, 0.1) is 28.6 Å². The highest BCUT2D eigenvalue weighted by molar-refractivity contribution is 7.92. The van der Waals surface area contributed by atoms with Crippen molar-refractivity contribution in [1.82, 2.24) is 14.9 Å². The van der Waals surface area contributed by atoms with Gasteiger partial charge in [-0.3, -0.25) is 13.8 Å². The van der Waals surface area contributed by atoms with Crippen molar-refractivity contribution < 1.29 is 31.7 Å². The summed E-state index contributed by atoms with van der Waals surface area (Å²) in [5.41, 5.74) is 0.366. The van der Waals surface area contributed by atoms with Crippen LogP contribution in [0.5, 0.6) is 0 Å². The molecule has 0 aliphatic carbocycles. The van der Waals surface area contributed by atoms with Crippen molar-refractivity contribution in [2.45, 2.75) is 18.6 Å². The molecule has 0 radical (unpaired) electrons. The van der Waals surface area contributed by atoms with E-state index in [-0.39, 0.29) is 42.1 Å². The van der Waals surface area contributed by atoms with Crippen LogP contribution in [0.2, 0.25) is 0 Å². The second kappa shape index (κ2) is 12.9. The Balaban J connectivity index is 2.12. The standard InChI is InChI=1S/C17H20Cl2F3N3O4S/c1-11(24-15(26)9-28-7-3-4-13(19)12(2)18)5-6-23-16(27)14-8-25(14)30-29-10-17(20,21)22/h3-4,7,14H,1-2,5-6,8-10H2,(H,23,27)(H,24,26)/b7-3+,13-4+. The molecule has 0 aromatic heterocycles. The number of amides is 2. The Bertz CT molecular complexity index is 717. The minimum Gasteiger partial charge on any atom is -0.491 e. The van der Waals surface area contributed by atoms with E-state index in [1.807, 2.05) is 0 Å². The van der Waals surface area contributed by atoms with Crippen LogP contribution in [0.25, 0.3) is 0 Å². The molecule has 2 amide bonds. The number of hydrogen-bond acceptors (Lipinski definition) is 6. The van der Waals surface area contributed by atoms with E-state index in [0.29, 0.717) is 17.9 Å². The summed E-state index contributed by atoms with van der Waals surface area (Å²) in [6.45, 7) is 5.93. The normalized spacial score (nSPS) is 18.8. The van der Waals surface area contributed by atoms with E-state index < -0.39 is 24.7 Å². The molecule has 30 heavy (non-hydrogen) atoms. The Labute approximate surface area is 186 Å². The van der Waals surface area contributed by atoms with Crippen molar-refractivity contribution in [3.63, 3.8) is 0 Å². The summed E-state index contributed by atoms with van der Waals surface area (Å²) in [7, 11) is 0. The lowest BCUT2D eigenvalue weighted by atomic mass is 10.3. The summed E-state index contributed by atoms with van der Waals surface area (Å²) in [6.07, 6.45) is -0.00644. The minimum atomic E-state index is -4.42. The van der Waals surface area contributed by atoms with Crippen LogP contribution < -0.4 is 10.6 Å². The lowest BCUT2D eigenvalue weighted by Gasteiger charge is -2.09. The Hall–Kier alpha value is -1.66. The van der Waals surface area contributed by atoms with Crippen LogP contribution >= 0.6 is 35.4 Å². The van der Waals surface area contributed by atoms with Crippen molar-refractivity contribution >= 4 is 47.2 Å². The number of allylic oxidation sites excluding steroid dienone is 4. The first-order chi connectivity index (χ1) is 14.0. The highest BCUT2D eigenvalue weighted by Crippen LogP contribution is 2.30. The van der Waals surface area contributed by atoms with Gasteiger partial charge in [-0.2, -0.15) is 13.2 Å². The van der Waals surface area contributed by atoms with Crippen molar-refractivity contribution in [1.29, 1.82) is 0 Å². The monoisotopic (exact) mass is 489 g/mol. The number of rotatable bonds is 13. The molecule has 0 bridgehead atoms. The van der Waals surface area contributed by atoms with Crippen molar-refractivity contribution in [3.8, 4) is 0 Å². The van der Waals surface area contributed by atoms with Crippen LogP contribution in [0.15, 0.2) is 47.3 Å². The summed E-state index contributed by atoms with van der Waals surface area (Å²) in [5, 5.41) is 5.51. The van der Waals surface area contributed by atoms with Crippen LogP contribution in [0.3, 0.4) is 0 Å². The van der Waals surface area contributed by atoms with Gasteiger partial charge in [-0.1, -0.05) is 36.4 Å². The molecule has 2 unspecified atom stereocenters.